The summed E-state index contributed by atoms with van der Waals surface area (Å²) in [5.74, 6) is 0.964. The summed E-state index contributed by atoms with van der Waals surface area (Å²) in [6, 6.07) is 5.90. The van der Waals surface area contributed by atoms with Crippen molar-refractivity contribution in [3.8, 4) is 0 Å². The van der Waals surface area contributed by atoms with Gasteiger partial charge in [0.2, 0.25) is 8.32 Å². The van der Waals surface area contributed by atoms with Crippen LogP contribution in [0, 0.1) is 0 Å². The number of aromatic nitrogens is 1. The fourth-order valence-corrected chi connectivity index (χ4v) is 4.97. The van der Waals surface area contributed by atoms with Gasteiger partial charge < -0.3 is 9.53 Å². The van der Waals surface area contributed by atoms with E-state index < -0.39 is 13.9 Å². The van der Waals surface area contributed by atoms with Crippen LogP contribution in [-0.2, 0) is 4.43 Å². The zero-order valence-corrected chi connectivity index (χ0v) is 17.6. The molecule has 0 amide bonds. The second-order valence-corrected chi connectivity index (χ2v) is 14.1. The lowest BCUT2D eigenvalue weighted by molar-refractivity contribution is 0.0417. The molecule has 1 aromatic rings. The van der Waals surface area contributed by atoms with E-state index in [4.69, 9.17) is 4.43 Å². The molecule has 0 spiro atoms. The van der Waals surface area contributed by atoms with Crippen molar-refractivity contribution in [3.05, 3.63) is 36.2 Å². The van der Waals surface area contributed by atoms with E-state index in [0.717, 1.165) is 23.6 Å². The number of hydrogen-bond donors (Lipinski definition) is 1. The maximum Gasteiger partial charge on any atom is 0.250 e. The molecule has 134 valence electrons. The largest absolute Gasteiger partial charge is 0.547 e. The Kier molecular flexibility index (Phi) is 5.88. The number of rotatable bonds is 6. The van der Waals surface area contributed by atoms with E-state index in [1.54, 1.807) is 18.0 Å². The second kappa shape index (κ2) is 7.22. The molecule has 0 aromatic carbocycles. The molecule has 1 aromatic heterocycles. The molecule has 1 aliphatic carbocycles. The van der Waals surface area contributed by atoms with Crippen LogP contribution < -0.4 is 0 Å². The van der Waals surface area contributed by atoms with Gasteiger partial charge in [-0.3, -0.25) is 0 Å². The third kappa shape index (κ3) is 4.44. The highest BCUT2D eigenvalue weighted by molar-refractivity contribution is 8.00. The van der Waals surface area contributed by atoms with Crippen molar-refractivity contribution < 1.29 is 9.53 Å². The Morgan fingerprint density at radius 2 is 2.08 bits per heavy atom. The predicted molar refractivity (Wildman–Crippen MR) is 105 cm³/mol. The second-order valence-electron chi connectivity index (χ2n) is 8.23. The number of aliphatic hydroxyl groups is 1. The molecule has 1 N–H and O–H groups in total. The normalized spacial score (nSPS) is 24.8. The first-order chi connectivity index (χ1) is 11.1. The molecule has 2 atom stereocenters. The lowest BCUT2D eigenvalue weighted by Gasteiger charge is -2.37. The van der Waals surface area contributed by atoms with Crippen LogP contribution in [0.15, 0.2) is 41.3 Å². The average Bonchev–Trinajstić information content (AvgIpc) is 2.74. The van der Waals surface area contributed by atoms with Gasteiger partial charge in [-0.05, 0) is 42.8 Å². The summed E-state index contributed by atoms with van der Waals surface area (Å²) >= 11 is 1.63. The molecule has 0 radical (unpaired) electrons. The Hall–Kier alpha value is -0.783. The number of hydrogen-bond acceptors (Lipinski definition) is 4. The zero-order valence-electron chi connectivity index (χ0n) is 15.8. The van der Waals surface area contributed by atoms with Crippen LogP contribution in [-0.4, -0.2) is 29.3 Å². The van der Waals surface area contributed by atoms with E-state index in [1.807, 2.05) is 18.2 Å². The zero-order chi connectivity index (χ0) is 18.0. The van der Waals surface area contributed by atoms with Gasteiger partial charge in [0.25, 0.3) is 0 Å². The van der Waals surface area contributed by atoms with E-state index in [-0.39, 0.29) is 10.3 Å². The SMILES string of the molecule is CCC[C@@]1(O)CC(O[Si](C)(C)C(C)(C)C)=C[C@@H]1Sc1ccccn1. The molecule has 3 nitrogen and oxygen atoms in total. The molecule has 0 saturated carbocycles. The Bertz CT molecular complexity index is 583. The van der Waals surface area contributed by atoms with Crippen LogP contribution in [0.25, 0.3) is 0 Å². The minimum atomic E-state index is -1.88. The van der Waals surface area contributed by atoms with Crippen LogP contribution in [0.2, 0.25) is 18.1 Å². The van der Waals surface area contributed by atoms with Crippen LogP contribution in [0.1, 0.15) is 47.0 Å². The molecule has 0 aliphatic heterocycles. The van der Waals surface area contributed by atoms with E-state index in [1.165, 1.54) is 0 Å². The van der Waals surface area contributed by atoms with Crippen molar-refractivity contribution >= 4 is 20.1 Å². The first kappa shape index (κ1) is 19.5. The van der Waals surface area contributed by atoms with Crippen molar-refractivity contribution in [3.63, 3.8) is 0 Å². The van der Waals surface area contributed by atoms with Crippen LogP contribution in [0.5, 0.6) is 0 Å². The van der Waals surface area contributed by atoms with E-state index in [9.17, 15) is 5.11 Å². The Balaban J connectivity index is 2.20. The highest BCUT2D eigenvalue weighted by atomic mass is 32.2. The molecular weight excluding hydrogens is 334 g/mol. The fraction of sp³-hybridized carbons (Fsp3) is 0.632. The van der Waals surface area contributed by atoms with Gasteiger partial charge in [-0.15, -0.1) is 0 Å². The van der Waals surface area contributed by atoms with Gasteiger partial charge in [0.05, 0.1) is 21.6 Å². The summed E-state index contributed by atoms with van der Waals surface area (Å²) in [5.41, 5.74) is -0.741. The molecule has 2 rings (SSSR count). The fourth-order valence-electron chi connectivity index (χ4n) is 2.69. The van der Waals surface area contributed by atoms with Crippen molar-refractivity contribution in [1.29, 1.82) is 0 Å². The Labute approximate surface area is 152 Å². The van der Waals surface area contributed by atoms with Gasteiger partial charge >= 0.3 is 0 Å². The van der Waals surface area contributed by atoms with Crippen molar-refractivity contribution in [2.45, 2.75) is 81.0 Å². The summed E-state index contributed by atoms with van der Waals surface area (Å²) in [4.78, 5) is 4.40. The maximum atomic E-state index is 11.2. The maximum absolute atomic E-state index is 11.2. The van der Waals surface area contributed by atoms with E-state index >= 15 is 0 Å². The monoisotopic (exact) mass is 365 g/mol. The number of thioether (sulfide) groups is 1. The van der Waals surface area contributed by atoms with Crippen LogP contribution in [0.3, 0.4) is 0 Å². The lowest BCUT2D eigenvalue weighted by Crippen LogP contribution is -2.41. The minimum Gasteiger partial charge on any atom is -0.547 e. The number of nitrogens with zero attached hydrogens (tertiary/aromatic N) is 1. The van der Waals surface area contributed by atoms with Gasteiger partial charge in [0.15, 0.2) is 0 Å². The van der Waals surface area contributed by atoms with E-state index in [2.05, 4.69) is 51.8 Å². The molecule has 0 unspecified atom stereocenters. The summed E-state index contributed by atoms with van der Waals surface area (Å²) in [7, 11) is -1.88. The van der Waals surface area contributed by atoms with Crippen LogP contribution >= 0.6 is 11.8 Å². The van der Waals surface area contributed by atoms with E-state index in [0.29, 0.717) is 6.42 Å². The number of pyridine rings is 1. The molecular formula is C19H31NO2SSi. The summed E-state index contributed by atoms with van der Waals surface area (Å²) in [6.07, 6.45) is 6.27. The quantitative estimate of drug-likeness (QED) is 0.687. The Morgan fingerprint density at radius 1 is 1.38 bits per heavy atom. The highest BCUT2D eigenvalue weighted by Gasteiger charge is 2.46. The first-order valence-corrected chi connectivity index (χ1v) is 12.6. The minimum absolute atomic E-state index is 0.00730. The highest BCUT2D eigenvalue weighted by Crippen LogP contribution is 2.46. The molecule has 0 saturated heterocycles. The first-order valence-electron chi connectivity index (χ1n) is 8.77. The molecule has 5 heteroatoms. The summed E-state index contributed by atoms with van der Waals surface area (Å²) in [6.45, 7) is 13.4. The van der Waals surface area contributed by atoms with Crippen molar-refractivity contribution in [2.75, 3.05) is 0 Å². The van der Waals surface area contributed by atoms with Gasteiger partial charge in [-0.1, -0.05) is 51.9 Å². The summed E-state index contributed by atoms with van der Waals surface area (Å²) < 4.78 is 6.48. The van der Waals surface area contributed by atoms with Crippen molar-refractivity contribution in [2.24, 2.45) is 0 Å². The summed E-state index contributed by atoms with van der Waals surface area (Å²) in [5, 5.41) is 12.3. The smallest absolute Gasteiger partial charge is 0.250 e. The molecule has 24 heavy (non-hydrogen) atoms. The third-order valence-corrected chi connectivity index (χ3v) is 10.8. The molecule has 0 fully saturated rings. The van der Waals surface area contributed by atoms with Gasteiger partial charge in [0, 0.05) is 12.6 Å². The average molecular weight is 366 g/mol. The Morgan fingerprint density at radius 3 is 2.62 bits per heavy atom. The molecule has 1 heterocycles. The molecule has 0 bridgehead atoms. The predicted octanol–water partition coefficient (Wildman–Crippen LogP) is 5.38. The van der Waals surface area contributed by atoms with Gasteiger partial charge in [-0.2, -0.15) is 0 Å². The van der Waals surface area contributed by atoms with Crippen molar-refractivity contribution in [1.82, 2.24) is 4.98 Å². The van der Waals surface area contributed by atoms with Crippen LogP contribution in [0.4, 0.5) is 0 Å². The molecule has 1 aliphatic rings. The lowest BCUT2D eigenvalue weighted by atomic mass is 9.95. The van der Waals surface area contributed by atoms with Gasteiger partial charge in [0.1, 0.15) is 0 Å². The third-order valence-electron chi connectivity index (χ3n) is 5.11. The standard InChI is InChI=1S/C19H31NO2SSi/c1-7-11-19(21)14-15(22-24(5,6)18(2,3)4)13-16(19)23-17-10-8-9-12-20-17/h8-10,12-13,16,21H,7,11,14H2,1-6H3/t16-,19+/m0/s1. The van der Waals surface area contributed by atoms with Gasteiger partial charge in [-0.25, -0.2) is 4.98 Å². The topological polar surface area (TPSA) is 42.4 Å².